The highest BCUT2D eigenvalue weighted by Crippen LogP contribution is 2.40. The fraction of sp³-hybridized carbons (Fsp3) is 0.211. The highest BCUT2D eigenvalue weighted by molar-refractivity contribution is 6.32. The van der Waals surface area contributed by atoms with Gasteiger partial charge < -0.3 is 14.7 Å². The molecular formula is C19H16ClN3O5. The summed E-state index contributed by atoms with van der Waals surface area (Å²) in [7, 11) is 0. The average Bonchev–Trinajstić information content (AvgIpc) is 3.08. The lowest BCUT2D eigenvalue weighted by Crippen LogP contribution is -2.30. The Hall–Kier alpha value is -3.10. The van der Waals surface area contributed by atoms with Crippen LogP contribution in [0.15, 0.2) is 40.9 Å². The highest BCUT2D eigenvalue weighted by atomic mass is 35.5. The molecule has 2 aromatic carbocycles. The molecule has 0 radical (unpaired) electrons. The Morgan fingerprint density at radius 1 is 1.25 bits per heavy atom. The number of phenolic OH excluding ortho intramolecular Hbond substituents is 2. The predicted octanol–water partition coefficient (Wildman–Crippen LogP) is 3.87. The molecule has 2 heterocycles. The van der Waals surface area contributed by atoms with Gasteiger partial charge in [-0.15, -0.1) is 0 Å². The zero-order valence-electron chi connectivity index (χ0n) is 14.6. The van der Waals surface area contributed by atoms with Crippen molar-refractivity contribution in [3.8, 4) is 22.8 Å². The maximum absolute atomic E-state index is 11.0. The van der Waals surface area contributed by atoms with Crippen LogP contribution in [0.3, 0.4) is 0 Å². The van der Waals surface area contributed by atoms with Crippen molar-refractivity contribution in [2.45, 2.75) is 19.5 Å². The SMILES string of the molecule is O=[N+]([O-])c1cccc(CN2CCc3noc(-c4cc(Cl)c(O)cc4O)c3C2)c1. The first-order valence-corrected chi connectivity index (χ1v) is 8.95. The van der Waals surface area contributed by atoms with Crippen molar-refractivity contribution in [2.75, 3.05) is 6.54 Å². The van der Waals surface area contributed by atoms with Crippen molar-refractivity contribution >= 4 is 17.3 Å². The van der Waals surface area contributed by atoms with Gasteiger partial charge in [-0.05, 0) is 11.6 Å². The molecule has 9 heteroatoms. The lowest BCUT2D eigenvalue weighted by molar-refractivity contribution is -0.384. The van der Waals surface area contributed by atoms with Crippen LogP contribution in [-0.4, -0.2) is 31.7 Å². The minimum absolute atomic E-state index is 0.0597. The molecule has 1 aliphatic heterocycles. The second kappa shape index (κ2) is 7.14. The number of nitrogens with zero attached hydrogens (tertiary/aromatic N) is 3. The van der Waals surface area contributed by atoms with Gasteiger partial charge in [0.15, 0.2) is 5.76 Å². The third kappa shape index (κ3) is 3.39. The average molecular weight is 402 g/mol. The molecule has 4 rings (SSSR count). The van der Waals surface area contributed by atoms with Crippen LogP contribution in [0.4, 0.5) is 5.69 Å². The van der Waals surface area contributed by atoms with Crippen molar-refractivity contribution in [2.24, 2.45) is 0 Å². The van der Waals surface area contributed by atoms with Gasteiger partial charge in [0, 0.05) is 49.8 Å². The van der Waals surface area contributed by atoms with Gasteiger partial charge in [-0.1, -0.05) is 28.9 Å². The largest absolute Gasteiger partial charge is 0.507 e. The lowest BCUT2D eigenvalue weighted by Gasteiger charge is -2.26. The van der Waals surface area contributed by atoms with E-state index in [2.05, 4.69) is 10.1 Å². The van der Waals surface area contributed by atoms with Gasteiger partial charge in [0.2, 0.25) is 0 Å². The number of phenols is 2. The summed E-state index contributed by atoms with van der Waals surface area (Å²) < 4.78 is 5.46. The van der Waals surface area contributed by atoms with Crippen LogP contribution in [0.5, 0.6) is 11.5 Å². The van der Waals surface area contributed by atoms with Crippen LogP contribution < -0.4 is 0 Å². The number of benzene rings is 2. The van der Waals surface area contributed by atoms with Crippen LogP contribution in [0.25, 0.3) is 11.3 Å². The van der Waals surface area contributed by atoms with Crippen LogP contribution in [0.1, 0.15) is 16.8 Å². The summed E-state index contributed by atoms with van der Waals surface area (Å²) in [4.78, 5) is 12.7. The van der Waals surface area contributed by atoms with E-state index in [0.29, 0.717) is 30.8 Å². The van der Waals surface area contributed by atoms with Crippen molar-refractivity contribution in [3.05, 3.63) is 68.4 Å². The topological polar surface area (TPSA) is 113 Å². The zero-order chi connectivity index (χ0) is 19.8. The molecule has 0 bridgehead atoms. The number of hydrogen-bond acceptors (Lipinski definition) is 7. The van der Waals surface area contributed by atoms with E-state index >= 15 is 0 Å². The van der Waals surface area contributed by atoms with Crippen LogP contribution >= 0.6 is 11.6 Å². The smallest absolute Gasteiger partial charge is 0.269 e. The van der Waals surface area contributed by atoms with Gasteiger partial charge in [-0.3, -0.25) is 15.0 Å². The minimum atomic E-state index is -0.409. The number of non-ortho nitro benzene ring substituents is 1. The molecule has 0 aliphatic carbocycles. The molecule has 1 aliphatic rings. The summed E-state index contributed by atoms with van der Waals surface area (Å²) in [5.41, 5.74) is 2.88. The van der Waals surface area contributed by atoms with Gasteiger partial charge in [0.1, 0.15) is 11.5 Å². The summed E-state index contributed by atoms with van der Waals surface area (Å²) in [5.74, 6) is 0.0263. The Morgan fingerprint density at radius 3 is 2.86 bits per heavy atom. The second-order valence-corrected chi connectivity index (χ2v) is 7.05. The number of hydrogen-bond donors (Lipinski definition) is 2. The molecule has 0 amide bonds. The molecule has 3 aromatic rings. The maximum atomic E-state index is 11.0. The van der Waals surface area contributed by atoms with Gasteiger partial charge in [0.25, 0.3) is 5.69 Å². The Labute approximate surface area is 164 Å². The first kappa shape index (κ1) is 18.3. The van der Waals surface area contributed by atoms with E-state index in [9.17, 15) is 20.3 Å². The molecule has 144 valence electrons. The predicted molar refractivity (Wildman–Crippen MR) is 101 cm³/mol. The summed E-state index contributed by atoms with van der Waals surface area (Å²) in [6.45, 7) is 1.77. The fourth-order valence-electron chi connectivity index (χ4n) is 3.37. The Balaban J connectivity index is 1.61. The number of aromatic hydroxyl groups is 2. The summed E-state index contributed by atoms with van der Waals surface area (Å²) in [6.07, 6.45) is 0.653. The summed E-state index contributed by atoms with van der Waals surface area (Å²) in [6, 6.07) is 9.15. The van der Waals surface area contributed by atoms with Gasteiger partial charge in [-0.2, -0.15) is 0 Å². The monoisotopic (exact) mass is 401 g/mol. The molecule has 8 nitrogen and oxygen atoms in total. The number of nitro benzene ring substituents is 1. The molecule has 0 unspecified atom stereocenters. The molecule has 0 saturated carbocycles. The second-order valence-electron chi connectivity index (χ2n) is 6.65. The van der Waals surface area contributed by atoms with E-state index in [1.54, 1.807) is 12.1 Å². The number of nitro groups is 1. The number of fused-ring (bicyclic) bond motifs is 1. The molecule has 0 atom stereocenters. The van der Waals surface area contributed by atoms with Gasteiger partial charge in [-0.25, -0.2) is 0 Å². The first-order chi connectivity index (χ1) is 13.4. The molecule has 0 fully saturated rings. The molecule has 0 saturated heterocycles. The van der Waals surface area contributed by atoms with Gasteiger partial charge >= 0.3 is 0 Å². The first-order valence-electron chi connectivity index (χ1n) is 8.57. The fourth-order valence-corrected chi connectivity index (χ4v) is 3.54. The number of rotatable bonds is 4. The van der Waals surface area contributed by atoms with E-state index in [0.717, 1.165) is 29.4 Å². The van der Waals surface area contributed by atoms with Crippen molar-refractivity contribution in [3.63, 3.8) is 0 Å². The van der Waals surface area contributed by atoms with E-state index in [-0.39, 0.29) is 22.2 Å². The third-order valence-electron chi connectivity index (χ3n) is 4.75. The minimum Gasteiger partial charge on any atom is -0.507 e. The van der Waals surface area contributed by atoms with E-state index < -0.39 is 4.92 Å². The van der Waals surface area contributed by atoms with Crippen molar-refractivity contribution in [1.82, 2.24) is 10.1 Å². The Morgan fingerprint density at radius 2 is 2.07 bits per heavy atom. The molecular weight excluding hydrogens is 386 g/mol. The summed E-state index contributed by atoms with van der Waals surface area (Å²) in [5, 5.41) is 35.0. The van der Waals surface area contributed by atoms with Crippen molar-refractivity contribution in [1.29, 1.82) is 0 Å². The van der Waals surface area contributed by atoms with E-state index in [1.165, 1.54) is 12.1 Å². The number of halogens is 1. The quantitative estimate of drug-likeness (QED) is 0.503. The third-order valence-corrected chi connectivity index (χ3v) is 5.06. The molecule has 28 heavy (non-hydrogen) atoms. The van der Waals surface area contributed by atoms with E-state index in [1.807, 2.05) is 6.07 Å². The molecule has 1 aromatic heterocycles. The van der Waals surface area contributed by atoms with Crippen LogP contribution in [0.2, 0.25) is 5.02 Å². The highest BCUT2D eigenvalue weighted by Gasteiger charge is 2.27. The standard InChI is InChI=1S/C19H16ClN3O5/c20-15-7-13(17(24)8-18(15)25)19-14-10-22(5-4-16(14)21-28-19)9-11-2-1-3-12(6-11)23(26)27/h1-3,6-8,24-25H,4-5,9-10H2. The normalized spacial score (nSPS) is 14.0. The number of aromatic nitrogens is 1. The van der Waals surface area contributed by atoms with Gasteiger partial charge in [0.05, 0.1) is 21.2 Å². The Kier molecular flexibility index (Phi) is 4.66. The van der Waals surface area contributed by atoms with E-state index in [4.69, 9.17) is 16.1 Å². The summed E-state index contributed by atoms with van der Waals surface area (Å²) >= 11 is 5.97. The Bertz CT molecular complexity index is 1070. The van der Waals surface area contributed by atoms with Crippen LogP contribution in [-0.2, 0) is 19.5 Å². The van der Waals surface area contributed by atoms with Crippen molar-refractivity contribution < 1.29 is 19.7 Å². The molecule has 2 N–H and O–H groups in total. The zero-order valence-corrected chi connectivity index (χ0v) is 15.4. The molecule has 0 spiro atoms. The lowest BCUT2D eigenvalue weighted by atomic mass is 10.0. The van der Waals surface area contributed by atoms with Crippen LogP contribution in [0, 0.1) is 10.1 Å². The maximum Gasteiger partial charge on any atom is 0.269 e.